The van der Waals surface area contributed by atoms with E-state index in [2.05, 4.69) is 5.32 Å². The number of carbonyl (C=O) groups excluding carboxylic acids is 1. The van der Waals surface area contributed by atoms with Crippen LogP contribution >= 0.6 is 0 Å². The Morgan fingerprint density at radius 2 is 2.12 bits per heavy atom. The number of amides is 2. The first kappa shape index (κ1) is 17.8. The van der Waals surface area contributed by atoms with E-state index in [1.54, 1.807) is 18.2 Å². The van der Waals surface area contributed by atoms with Crippen molar-refractivity contribution in [1.29, 1.82) is 0 Å². The highest BCUT2D eigenvalue weighted by molar-refractivity contribution is 5.89. The molecule has 138 valence electrons. The minimum Gasteiger partial charge on any atom is -0.493 e. The van der Waals surface area contributed by atoms with Gasteiger partial charge in [-0.25, -0.2) is 4.79 Å². The Morgan fingerprint density at radius 1 is 1.28 bits per heavy atom. The van der Waals surface area contributed by atoms with Gasteiger partial charge in [-0.2, -0.15) is 13.2 Å². The molecular weight excluding hydrogens is 337 g/mol. The molecule has 0 aromatic heterocycles. The lowest BCUT2D eigenvalue weighted by atomic mass is 10.1. The number of carbonyl (C=O) groups is 1. The zero-order valence-corrected chi connectivity index (χ0v) is 13.7. The lowest BCUT2D eigenvalue weighted by Crippen LogP contribution is -2.48. The van der Waals surface area contributed by atoms with Gasteiger partial charge in [0.25, 0.3) is 0 Å². The van der Waals surface area contributed by atoms with Gasteiger partial charge >= 0.3 is 12.2 Å². The summed E-state index contributed by atoms with van der Waals surface area (Å²) in [6.45, 7) is 1.12. The van der Waals surface area contributed by atoms with Crippen LogP contribution in [0.1, 0.15) is 31.2 Å². The van der Waals surface area contributed by atoms with E-state index in [9.17, 15) is 18.0 Å². The molecule has 1 fully saturated rings. The summed E-state index contributed by atoms with van der Waals surface area (Å²) >= 11 is 0. The van der Waals surface area contributed by atoms with Gasteiger partial charge in [-0.3, -0.25) is 0 Å². The van der Waals surface area contributed by atoms with E-state index >= 15 is 0 Å². The molecule has 0 spiro atoms. The number of urea groups is 1. The summed E-state index contributed by atoms with van der Waals surface area (Å²) in [5.74, 6) is 0.753. The largest absolute Gasteiger partial charge is 0.493 e. The normalized spacial score (nSPS) is 21.2. The maximum atomic E-state index is 13.2. The van der Waals surface area contributed by atoms with Gasteiger partial charge < -0.3 is 20.1 Å². The van der Waals surface area contributed by atoms with Crippen molar-refractivity contribution in [3.8, 4) is 5.75 Å². The van der Waals surface area contributed by atoms with E-state index in [4.69, 9.17) is 9.47 Å². The van der Waals surface area contributed by atoms with Crippen LogP contribution in [0.2, 0.25) is 0 Å². The SMILES string of the molecule is O=C(Nc1ccc2c(c1)CCCO2)NC(CC1CCCO1)C(F)(F)F. The zero-order valence-electron chi connectivity index (χ0n) is 13.7. The van der Waals surface area contributed by atoms with Crippen molar-refractivity contribution < 1.29 is 27.4 Å². The average molecular weight is 358 g/mol. The fraction of sp³-hybridized carbons (Fsp3) is 0.588. The van der Waals surface area contributed by atoms with Crippen molar-refractivity contribution in [3.63, 3.8) is 0 Å². The van der Waals surface area contributed by atoms with Gasteiger partial charge in [0.05, 0.1) is 12.7 Å². The Kier molecular flexibility index (Phi) is 5.36. The number of hydrogen-bond donors (Lipinski definition) is 2. The van der Waals surface area contributed by atoms with Crippen molar-refractivity contribution >= 4 is 11.7 Å². The number of halogens is 3. The second-order valence-electron chi connectivity index (χ2n) is 6.34. The third kappa shape index (κ3) is 4.78. The number of hydrogen-bond acceptors (Lipinski definition) is 3. The van der Waals surface area contributed by atoms with Gasteiger partial charge in [0.1, 0.15) is 11.8 Å². The first-order chi connectivity index (χ1) is 11.9. The highest BCUT2D eigenvalue weighted by atomic mass is 19.4. The van der Waals surface area contributed by atoms with Crippen LogP contribution in [0.5, 0.6) is 5.75 Å². The van der Waals surface area contributed by atoms with Crippen LogP contribution in [-0.4, -0.2) is 37.6 Å². The average Bonchev–Trinajstić information content (AvgIpc) is 3.06. The van der Waals surface area contributed by atoms with E-state index < -0.39 is 24.4 Å². The lowest BCUT2D eigenvalue weighted by molar-refractivity contribution is -0.159. The summed E-state index contributed by atoms with van der Waals surface area (Å²) in [6, 6.07) is 2.26. The molecule has 1 aromatic rings. The standard InChI is InChI=1S/C17H21F3N2O3/c18-17(19,20)15(10-13-4-2-7-24-13)22-16(23)21-12-5-6-14-11(9-12)3-1-8-25-14/h5-6,9,13,15H,1-4,7-8,10H2,(H2,21,22,23). The third-order valence-electron chi connectivity index (χ3n) is 4.39. The fourth-order valence-corrected chi connectivity index (χ4v) is 3.13. The first-order valence-electron chi connectivity index (χ1n) is 8.43. The predicted molar refractivity (Wildman–Crippen MR) is 85.8 cm³/mol. The quantitative estimate of drug-likeness (QED) is 0.864. The number of fused-ring (bicyclic) bond motifs is 1. The number of aryl methyl sites for hydroxylation is 1. The number of benzene rings is 1. The number of anilines is 1. The molecule has 0 aliphatic carbocycles. The van der Waals surface area contributed by atoms with Crippen molar-refractivity contribution in [2.45, 2.75) is 50.4 Å². The van der Waals surface area contributed by atoms with Gasteiger partial charge in [-0.15, -0.1) is 0 Å². The molecule has 3 rings (SSSR count). The predicted octanol–water partition coefficient (Wildman–Crippen LogP) is 3.63. The summed E-state index contributed by atoms with van der Waals surface area (Å²) in [7, 11) is 0. The summed E-state index contributed by atoms with van der Waals surface area (Å²) in [4.78, 5) is 12.0. The van der Waals surface area contributed by atoms with E-state index in [0.29, 0.717) is 25.3 Å². The molecule has 1 aromatic carbocycles. The maximum absolute atomic E-state index is 13.2. The molecule has 2 unspecified atom stereocenters. The maximum Gasteiger partial charge on any atom is 0.408 e. The van der Waals surface area contributed by atoms with Crippen molar-refractivity contribution in [2.24, 2.45) is 0 Å². The molecule has 2 aliphatic heterocycles. The summed E-state index contributed by atoms with van der Waals surface area (Å²) in [6.07, 6.45) is -2.23. The molecule has 2 N–H and O–H groups in total. The van der Waals surface area contributed by atoms with Crippen molar-refractivity contribution in [2.75, 3.05) is 18.5 Å². The van der Waals surface area contributed by atoms with Gasteiger partial charge in [-0.05, 0) is 49.4 Å². The minimum atomic E-state index is -4.52. The van der Waals surface area contributed by atoms with Crippen LogP contribution in [0, 0.1) is 0 Å². The number of rotatable bonds is 4. The zero-order chi connectivity index (χ0) is 17.9. The molecule has 0 saturated carbocycles. The molecule has 2 aliphatic rings. The molecule has 8 heteroatoms. The van der Waals surface area contributed by atoms with Gasteiger partial charge in [0.15, 0.2) is 0 Å². The molecule has 2 amide bonds. The third-order valence-corrected chi connectivity index (χ3v) is 4.39. The molecular formula is C17H21F3N2O3. The van der Waals surface area contributed by atoms with Crippen LogP contribution in [0.15, 0.2) is 18.2 Å². The van der Waals surface area contributed by atoms with E-state index in [1.165, 1.54) is 0 Å². The van der Waals surface area contributed by atoms with Crippen molar-refractivity contribution in [1.82, 2.24) is 5.32 Å². The Labute approximate surface area is 143 Å². The Morgan fingerprint density at radius 3 is 2.84 bits per heavy atom. The molecule has 25 heavy (non-hydrogen) atoms. The number of ether oxygens (including phenoxy) is 2. The van der Waals surface area contributed by atoms with Gasteiger partial charge in [-0.1, -0.05) is 0 Å². The van der Waals surface area contributed by atoms with Crippen LogP contribution in [0.4, 0.5) is 23.7 Å². The first-order valence-corrected chi connectivity index (χ1v) is 8.43. The summed E-state index contributed by atoms with van der Waals surface area (Å²) < 4.78 is 50.3. The van der Waals surface area contributed by atoms with Crippen molar-refractivity contribution in [3.05, 3.63) is 23.8 Å². The second-order valence-corrected chi connectivity index (χ2v) is 6.34. The monoisotopic (exact) mass is 358 g/mol. The molecule has 1 saturated heterocycles. The summed E-state index contributed by atoms with van der Waals surface area (Å²) in [5.41, 5.74) is 1.38. The second kappa shape index (κ2) is 7.51. The molecule has 2 heterocycles. The van der Waals surface area contributed by atoms with E-state index in [0.717, 1.165) is 30.6 Å². The highest BCUT2D eigenvalue weighted by Crippen LogP contribution is 2.29. The molecule has 0 bridgehead atoms. The lowest BCUT2D eigenvalue weighted by Gasteiger charge is -2.24. The molecule has 0 radical (unpaired) electrons. The Hall–Kier alpha value is -1.96. The van der Waals surface area contributed by atoms with Crippen LogP contribution in [-0.2, 0) is 11.2 Å². The van der Waals surface area contributed by atoms with Crippen LogP contribution in [0.25, 0.3) is 0 Å². The fourth-order valence-electron chi connectivity index (χ4n) is 3.13. The van der Waals surface area contributed by atoms with E-state index in [-0.39, 0.29) is 6.42 Å². The number of alkyl halides is 3. The van der Waals surface area contributed by atoms with Gasteiger partial charge in [0, 0.05) is 18.7 Å². The highest BCUT2D eigenvalue weighted by Gasteiger charge is 2.42. The summed E-state index contributed by atoms with van der Waals surface area (Å²) in [5, 5.41) is 4.50. The molecule has 2 atom stereocenters. The smallest absolute Gasteiger partial charge is 0.408 e. The Balaban J connectivity index is 1.61. The Bertz CT molecular complexity index is 616. The topological polar surface area (TPSA) is 59.6 Å². The minimum absolute atomic E-state index is 0.269. The van der Waals surface area contributed by atoms with Gasteiger partial charge in [0.2, 0.25) is 0 Å². The molecule has 5 nitrogen and oxygen atoms in total. The van der Waals surface area contributed by atoms with E-state index in [1.807, 2.05) is 5.32 Å². The van der Waals surface area contributed by atoms with Crippen LogP contribution < -0.4 is 15.4 Å². The number of nitrogens with one attached hydrogen (secondary N) is 2. The van der Waals surface area contributed by atoms with Crippen LogP contribution in [0.3, 0.4) is 0 Å².